The molecule has 2 aromatic carbocycles. The summed E-state index contributed by atoms with van der Waals surface area (Å²) in [5.74, 6) is 1.11. The highest BCUT2D eigenvalue weighted by Gasteiger charge is 2.14. The van der Waals surface area contributed by atoms with Crippen molar-refractivity contribution < 1.29 is 0 Å². The number of fused-ring (bicyclic) bond motifs is 1. The van der Waals surface area contributed by atoms with Crippen molar-refractivity contribution in [3.8, 4) is 5.69 Å². The maximum Gasteiger partial charge on any atom is 0.258 e. The number of anilines is 1. The molecule has 2 heterocycles. The third-order valence-electron chi connectivity index (χ3n) is 3.84. The number of H-pyrrole nitrogens is 1. The summed E-state index contributed by atoms with van der Waals surface area (Å²) in [6.07, 6.45) is 0. The van der Waals surface area contributed by atoms with Crippen molar-refractivity contribution in [1.29, 1.82) is 0 Å². The van der Waals surface area contributed by atoms with Crippen molar-refractivity contribution in [3.63, 3.8) is 0 Å². The fraction of sp³-hybridized carbons (Fsp3) is 0.118. The quantitative estimate of drug-likeness (QED) is 0.609. The number of rotatable bonds is 4. The number of para-hydroxylation sites is 2. The van der Waals surface area contributed by atoms with E-state index in [-0.39, 0.29) is 5.56 Å². The van der Waals surface area contributed by atoms with Gasteiger partial charge in [0.1, 0.15) is 5.82 Å². The first-order valence-electron chi connectivity index (χ1n) is 7.75. The van der Waals surface area contributed by atoms with Crippen molar-refractivity contribution in [2.24, 2.45) is 0 Å². The summed E-state index contributed by atoms with van der Waals surface area (Å²) in [6, 6.07) is 16.9. The summed E-state index contributed by atoms with van der Waals surface area (Å²) in [6.45, 7) is 0.368. The first-order chi connectivity index (χ1) is 12.2. The van der Waals surface area contributed by atoms with Gasteiger partial charge in [0.25, 0.3) is 11.5 Å². The molecule has 0 atom stereocenters. The summed E-state index contributed by atoms with van der Waals surface area (Å²) in [5.41, 5.74) is 1.36. The third kappa shape index (κ3) is 2.85. The van der Waals surface area contributed by atoms with Crippen molar-refractivity contribution in [2.75, 3.05) is 11.9 Å². The smallest absolute Gasteiger partial charge is 0.258 e. The first kappa shape index (κ1) is 15.0. The van der Waals surface area contributed by atoms with Crippen molar-refractivity contribution in [2.45, 2.75) is 6.54 Å². The number of tetrazole rings is 1. The summed E-state index contributed by atoms with van der Waals surface area (Å²) in [7, 11) is 1.85. The minimum atomic E-state index is -0.156. The normalized spacial score (nSPS) is 10.9. The van der Waals surface area contributed by atoms with E-state index in [1.165, 1.54) is 0 Å². The Labute approximate surface area is 142 Å². The van der Waals surface area contributed by atoms with E-state index in [9.17, 15) is 4.79 Å². The average molecular weight is 333 g/mol. The summed E-state index contributed by atoms with van der Waals surface area (Å²) in [5, 5.41) is 12.4. The molecule has 0 amide bonds. The molecule has 0 saturated carbocycles. The lowest BCUT2D eigenvalue weighted by atomic mass is 10.2. The molecule has 0 unspecified atom stereocenters. The van der Waals surface area contributed by atoms with Gasteiger partial charge in [0, 0.05) is 7.05 Å². The van der Waals surface area contributed by atoms with E-state index < -0.39 is 0 Å². The number of nitrogens with zero attached hydrogens (tertiary/aromatic N) is 6. The number of benzene rings is 2. The molecule has 25 heavy (non-hydrogen) atoms. The lowest BCUT2D eigenvalue weighted by Crippen LogP contribution is -2.24. The van der Waals surface area contributed by atoms with Gasteiger partial charge in [-0.2, -0.15) is 4.68 Å². The Morgan fingerprint density at radius 1 is 1.08 bits per heavy atom. The first-order valence-corrected chi connectivity index (χ1v) is 7.75. The van der Waals surface area contributed by atoms with Gasteiger partial charge in [-0.1, -0.05) is 35.4 Å². The Morgan fingerprint density at radius 3 is 2.68 bits per heavy atom. The monoisotopic (exact) mass is 333 g/mol. The fourth-order valence-corrected chi connectivity index (χ4v) is 2.66. The van der Waals surface area contributed by atoms with E-state index in [1.807, 2.05) is 60.5 Å². The van der Waals surface area contributed by atoms with Gasteiger partial charge in [-0.25, -0.2) is 4.98 Å². The molecular formula is C17H15N7O. The molecular weight excluding hydrogens is 318 g/mol. The summed E-state index contributed by atoms with van der Waals surface area (Å²) < 4.78 is 1.64. The predicted molar refractivity (Wildman–Crippen MR) is 93.6 cm³/mol. The number of aromatic amines is 1. The van der Waals surface area contributed by atoms with E-state index in [4.69, 9.17) is 0 Å². The molecule has 8 nitrogen and oxygen atoms in total. The number of aromatic nitrogens is 6. The predicted octanol–water partition coefficient (Wildman–Crippen LogP) is 1.54. The van der Waals surface area contributed by atoms with Gasteiger partial charge in [0.05, 0.1) is 23.1 Å². The van der Waals surface area contributed by atoms with Crippen LogP contribution in [0.25, 0.3) is 16.6 Å². The molecule has 0 aliphatic carbocycles. The average Bonchev–Trinajstić information content (AvgIpc) is 3.12. The lowest BCUT2D eigenvalue weighted by Gasteiger charge is -2.17. The third-order valence-corrected chi connectivity index (χ3v) is 3.84. The van der Waals surface area contributed by atoms with E-state index in [0.29, 0.717) is 29.2 Å². The highest BCUT2D eigenvalue weighted by atomic mass is 16.1. The summed E-state index contributed by atoms with van der Waals surface area (Å²) in [4.78, 5) is 21.4. The highest BCUT2D eigenvalue weighted by molar-refractivity contribution is 5.77. The summed E-state index contributed by atoms with van der Waals surface area (Å²) >= 11 is 0. The van der Waals surface area contributed by atoms with Crippen LogP contribution in [0.1, 0.15) is 5.82 Å². The van der Waals surface area contributed by atoms with Crippen LogP contribution in [0.5, 0.6) is 0 Å². The maximum absolute atomic E-state index is 12.2. The fourth-order valence-electron chi connectivity index (χ4n) is 2.66. The SMILES string of the molecule is CN(Cc1nc2ccccc2c(=O)[nH]1)c1nnnn1-c1ccccc1. The van der Waals surface area contributed by atoms with E-state index in [1.54, 1.807) is 10.7 Å². The Kier molecular flexibility index (Phi) is 3.70. The molecule has 1 N–H and O–H groups in total. The van der Waals surface area contributed by atoms with Crippen molar-refractivity contribution in [3.05, 3.63) is 70.8 Å². The topological polar surface area (TPSA) is 92.6 Å². The standard InChI is InChI=1S/C17H15N7O/c1-23(17-20-21-22-24(17)12-7-3-2-4-8-12)11-15-18-14-10-6-5-9-13(14)16(25)19-15/h2-10H,11H2,1H3,(H,18,19,25). The van der Waals surface area contributed by atoms with Gasteiger partial charge in [-0.3, -0.25) is 4.79 Å². The molecule has 4 rings (SSSR count). The molecule has 124 valence electrons. The second kappa shape index (κ2) is 6.16. The number of hydrogen-bond donors (Lipinski definition) is 1. The van der Waals surface area contributed by atoms with Crippen LogP contribution in [-0.2, 0) is 6.54 Å². The second-order valence-corrected chi connectivity index (χ2v) is 5.61. The number of nitrogens with one attached hydrogen (secondary N) is 1. The Balaban J connectivity index is 1.67. The van der Waals surface area contributed by atoms with Crippen LogP contribution in [0.15, 0.2) is 59.4 Å². The molecule has 2 aromatic heterocycles. The van der Waals surface area contributed by atoms with Crippen LogP contribution >= 0.6 is 0 Å². The zero-order chi connectivity index (χ0) is 17.2. The zero-order valence-electron chi connectivity index (χ0n) is 13.5. The highest BCUT2D eigenvalue weighted by Crippen LogP contribution is 2.15. The lowest BCUT2D eigenvalue weighted by molar-refractivity contribution is 0.758. The van der Waals surface area contributed by atoms with Crippen molar-refractivity contribution >= 4 is 16.9 Å². The maximum atomic E-state index is 12.2. The molecule has 0 radical (unpaired) electrons. The van der Waals surface area contributed by atoms with Gasteiger partial charge in [0.2, 0.25) is 0 Å². The van der Waals surface area contributed by atoms with Gasteiger partial charge < -0.3 is 9.88 Å². The number of hydrogen-bond acceptors (Lipinski definition) is 6. The Hall–Kier alpha value is -3.55. The molecule has 0 bridgehead atoms. The molecule has 0 fully saturated rings. The molecule has 0 saturated heterocycles. The Bertz CT molecular complexity index is 1070. The molecule has 4 aromatic rings. The second-order valence-electron chi connectivity index (χ2n) is 5.61. The largest absolute Gasteiger partial charge is 0.335 e. The minimum absolute atomic E-state index is 0.156. The van der Waals surface area contributed by atoms with Crippen LogP contribution in [0, 0.1) is 0 Å². The van der Waals surface area contributed by atoms with Gasteiger partial charge in [0.15, 0.2) is 0 Å². The van der Waals surface area contributed by atoms with Gasteiger partial charge in [-0.15, -0.1) is 0 Å². The van der Waals surface area contributed by atoms with E-state index in [0.717, 1.165) is 5.69 Å². The van der Waals surface area contributed by atoms with Crippen molar-refractivity contribution in [1.82, 2.24) is 30.2 Å². The Morgan fingerprint density at radius 2 is 1.84 bits per heavy atom. The molecule has 8 heteroatoms. The van der Waals surface area contributed by atoms with E-state index >= 15 is 0 Å². The van der Waals surface area contributed by atoms with Crippen LogP contribution in [0.4, 0.5) is 5.95 Å². The van der Waals surface area contributed by atoms with E-state index in [2.05, 4.69) is 25.5 Å². The van der Waals surface area contributed by atoms with Gasteiger partial charge >= 0.3 is 0 Å². The minimum Gasteiger partial charge on any atom is -0.335 e. The van der Waals surface area contributed by atoms with Crippen LogP contribution < -0.4 is 10.5 Å². The molecule has 0 aliphatic heterocycles. The van der Waals surface area contributed by atoms with Crippen LogP contribution in [0.2, 0.25) is 0 Å². The molecule has 0 aliphatic rings. The van der Waals surface area contributed by atoms with Crippen LogP contribution in [-0.4, -0.2) is 37.2 Å². The zero-order valence-corrected chi connectivity index (χ0v) is 13.5. The van der Waals surface area contributed by atoms with Gasteiger partial charge in [-0.05, 0) is 34.7 Å². The molecule has 0 spiro atoms. The van der Waals surface area contributed by atoms with Crippen LogP contribution in [0.3, 0.4) is 0 Å².